The summed E-state index contributed by atoms with van der Waals surface area (Å²) in [6.07, 6.45) is 0. The van der Waals surface area contributed by atoms with Gasteiger partial charge in [0.15, 0.2) is 0 Å². The van der Waals surface area contributed by atoms with Gasteiger partial charge in [-0.15, -0.1) is 0 Å². The molecule has 0 spiro atoms. The van der Waals surface area contributed by atoms with Gasteiger partial charge in [0.1, 0.15) is 0 Å². The number of rotatable bonds is 1. The summed E-state index contributed by atoms with van der Waals surface area (Å²) in [7, 11) is 0. The van der Waals surface area contributed by atoms with Crippen molar-refractivity contribution in [1.29, 1.82) is 0 Å². The molecule has 3 heteroatoms. The molecular weight excluding hydrogens is 98.1 g/mol. The summed E-state index contributed by atoms with van der Waals surface area (Å²) in [5.74, 6) is 0. The van der Waals surface area contributed by atoms with Crippen molar-refractivity contribution in [2.24, 2.45) is 5.16 Å². The van der Waals surface area contributed by atoms with E-state index in [1.54, 1.807) is 6.92 Å². The number of thiocarbonyl (C=S) groups is 1. The topological polar surface area (TPSA) is 32.6 Å². The average Bonchev–Trinajstić information content (AvgIpc) is 1.65. The van der Waals surface area contributed by atoms with Gasteiger partial charge in [0.25, 0.3) is 0 Å². The first kappa shape index (κ1) is 5.56. The molecule has 0 bridgehead atoms. The Labute approximate surface area is 41.5 Å². The minimum absolute atomic E-state index is 0.463. The molecule has 0 aromatic carbocycles. The molecule has 0 unspecified atom stereocenters. The zero-order chi connectivity index (χ0) is 4.99. The number of oxime groups is 1. The molecule has 0 saturated carbocycles. The highest BCUT2D eigenvalue weighted by Crippen LogP contribution is 1.64. The Balaban J connectivity index is 3.50. The average molecular weight is 103 g/mol. The summed E-state index contributed by atoms with van der Waals surface area (Å²) in [6, 6.07) is 0. The minimum atomic E-state index is 0.463. The fourth-order valence-electron chi connectivity index (χ4n) is 0.0236. The predicted octanol–water partition coefficient (Wildman–Crippen LogP) is 0.836. The van der Waals surface area contributed by atoms with Crippen LogP contribution >= 0.6 is 12.2 Å². The van der Waals surface area contributed by atoms with E-state index in [1.807, 2.05) is 0 Å². The molecule has 0 aliphatic heterocycles. The van der Waals surface area contributed by atoms with Gasteiger partial charge in [0.05, 0.1) is 5.71 Å². The third-order valence-corrected chi connectivity index (χ3v) is 0.669. The highest BCUT2D eigenvalue weighted by atomic mass is 32.1. The lowest BCUT2D eigenvalue weighted by Crippen LogP contribution is -1.86. The van der Waals surface area contributed by atoms with Crippen LogP contribution in [0.1, 0.15) is 6.92 Å². The molecular formula is C3H5NOS. The van der Waals surface area contributed by atoms with E-state index in [-0.39, 0.29) is 0 Å². The molecule has 0 radical (unpaired) electrons. The maximum Gasteiger partial charge on any atom is 0.0871 e. The summed E-state index contributed by atoms with van der Waals surface area (Å²) in [5.41, 5.74) is 0.463. The molecule has 0 heterocycles. The maximum absolute atomic E-state index is 7.82. The Bertz CT molecular complexity index is 78.9. The van der Waals surface area contributed by atoms with E-state index in [9.17, 15) is 0 Å². The van der Waals surface area contributed by atoms with Crippen LogP contribution in [0.15, 0.2) is 5.16 Å². The highest BCUT2D eigenvalue weighted by Gasteiger charge is 1.73. The molecule has 0 aliphatic carbocycles. The Hall–Kier alpha value is -0.440. The van der Waals surface area contributed by atoms with Crippen LogP contribution in [0.2, 0.25) is 0 Å². The van der Waals surface area contributed by atoms with Crippen molar-refractivity contribution in [3.8, 4) is 0 Å². The molecule has 1 N–H and O–H groups in total. The molecule has 0 saturated heterocycles. The molecule has 0 aromatic rings. The lowest BCUT2D eigenvalue weighted by molar-refractivity contribution is 0.320. The number of hydrogen-bond acceptors (Lipinski definition) is 3. The third-order valence-electron chi connectivity index (χ3n) is 0.328. The standard InChI is InChI=1S/C3H5NOS/c1-3(2-6)4-5/h2,5H,1H3. The SMILES string of the molecule is CC(C=S)=NO. The van der Waals surface area contributed by atoms with Gasteiger partial charge in [0, 0.05) is 5.37 Å². The van der Waals surface area contributed by atoms with E-state index in [0.29, 0.717) is 5.71 Å². The zero-order valence-corrected chi connectivity index (χ0v) is 4.20. The molecule has 0 aliphatic rings. The maximum atomic E-state index is 7.82. The molecule has 0 amide bonds. The zero-order valence-electron chi connectivity index (χ0n) is 3.38. The van der Waals surface area contributed by atoms with Crippen molar-refractivity contribution in [1.82, 2.24) is 0 Å². The molecule has 0 fully saturated rings. The third kappa shape index (κ3) is 1.84. The Morgan fingerprint density at radius 3 is 2.50 bits per heavy atom. The highest BCUT2D eigenvalue weighted by molar-refractivity contribution is 7.80. The second-order valence-corrected chi connectivity index (χ2v) is 1.09. The van der Waals surface area contributed by atoms with Gasteiger partial charge < -0.3 is 5.21 Å². The van der Waals surface area contributed by atoms with Crippen LogP contribution in [0.4, 0.5) is 0 Å². The fourth-order valence-corrected chi connectivity index (χ4v) is 0.0707. The van der Waals surface area contributed by atoms with E-state index in [2.05, 4.69) is 17.4 Å². The van der Waals surface area contributed by atoms with E-state index in [1.165, 1.54) is 5.37 Å². The lowest BCUT2D eigenvalue weighted by Gasteiger charge is -1.74. The first-order valence-electron chi connectivity index (χ1n) is 1.45. The largest absolute Gasteiger partial charge is 0.411 e. The Morgan fingerprint density at radius 2 is 2.50 bits per heavy atom. The van der Waals surface area contributed by atoms with E-state index in [0.717, 1.165) is 0 Å². The predicted molar refractivity (Wildman–Crippen MR) is 28.6 cm³/mol. The molecule has 0 aromatic heterocycles. The second-order valence-electron chi connectivity index (χ2n) is 0.859. The van der Waals surface area contributed by atoms with Crippen LogP contribution in [0, 0.1) is 0 Å². The monoisotopic (exact) mass is 103 g/mol. The molecule has 6 heavy (non-hydrogen) atoms. The quantitative estimate of drug-likeness (QED) is 0.231. The summed E-state index contributed by atoms with van der Waals surface area (Å²) < 4.78 is 0. The molecule has 34 valence electrons. The molecule has 2 nitrogen and oxygen atoms in total. The van der Waals surface area contributed by atoms with Gasteiger partial charge in [-0.25, -0.2) is 0 Å². The lowest BCUT2D eigenvalue weighted by atomic mass is 10.5. The van der Waals surface area contributed by atoms with E-state index >= 15 is 0 Å². The van der Waals surface area contributed by atoms with Crippen LogP contribution in [0.25, 0.3) is 0 Å². The Kier molecular flexibility index (Phi) is 2.58. The van der Waals surface area contributed by atoms with Gasteiger partial charge in [-0.2, -0.15) is 0 Å². The van der Waals surface area contributed by atoms with Gasteiger partial charge in [-0.05, 0) is 6.92 Å². The number of nitrogens with zero attached hydrogens (tertiary/aromatic N) is 1. The molecule has 0 rings (SSSR count). The van der Waals surface area contributed by atoms with Crippen molar-refractivity contribution in [3.05, 3.63) is 0 Å². The first-order valence-corrected chi connectivity index (χ1v) is 1.92. The normalized spacial score (nSPS) is 11.2. The molecule has 0 atom stereocenters. The van der Waals surface area contributed by atoms with Crippen LogP contribution in [0.5, 0.6) is 0 Å². The van der Waals surface area contributed by atoms with Crippen molar-refractivity contribution in [2.75, 3.05) is 0 Å². The van der Waals surface area contributed by atoms with Crippen molar-refractivity contribution in [2.45, 2.75) is 6.92 Å². The fraction of sp³-hybridized carbons (Fsp3) is 0.333. The van der Waals surface area contributed by atoms with Crippen LogP contribution < -0.4 is 0 Å². The Morgan fingerprint density at radius 1 is 2.00 bits per heavy atom. The smallest absolute Gasteiger partial charge is 0.0871 e. The first-order chi connectivity index (χ1) is 2.81. The summed E-state index contributed by atoms with van der Waals surface area (Å²) in [4.78, 5) is 0. The van der Waals surface area contributed by atoms with Gasteiger partial charge in [0.2, 0.25) is 0 Å². The van der Waals surface area contributed by atoms with Crippen LogP contribution in [-0.4, -0.2) is 16.3 Å². The van der Waals surface area contributed by atoms with E-state index < -0.39 is 0 Å². The van der Waals surface area contributed by atoms with Gasteiger partial charge in [-0.3, -0.25) is 0 Å². The summed E-state index contributed by atoms with van der Waals surface area (Å²) in [5, 5.41) is 11.9. The van der Waals surface area contributed by atoms with Crippen LogP contribution in [-0.2, 0) is 0 Å². The van der Waals surface area contributed by atoms with Crippen molar-refractivity contribution >= 4 is 23.3 Å². The van der Waals surface area contributed by atoms with E-state index in [4.69, 9.17) is 5.21 Å². The summed E-state index contributed by atoms with van der Waals surface area (Å²) in [6.45, 7) is 1.62. The van der Waals surface area contributed by atoms with Crippen LogP contribution in [0.3, 0.4) is 0 Å². The van der Waals surface area contributed by atoms with Gasteiger partial charge in [-0.1, -0.05) is 17.4 Å². The number of hydrogen-bond donors (Lipinski definition) is 1. The van der Waals surface area contributed by atoms with Gasteiger partial charge >= 0.3 is 0 Å². The minimum Gasteiger partial charge on any atom is -0.411 e. The van der Waals surface area contributed by atoms with Crippen molar-refractivity contribution in [3.63, 3.8) is 0 Å². The van der Waals surface area contributed by atoms with Crippen molar-refractivity contribution < 1.29 is 5.21 Å². The second kappa shape index (κ2) is 2.78. The summed E-state index contributed by atoms with van der Waals surface area (Å²) >= 11 is 4.36.